The first kappa shape index (κ1) is 14.2. The summed E-state index contributed by atoms with van der Waals surface area (Å²) in [4.78, 5) is 0. The molecule has 2 heteroatoms. The van der Waals surface area contributed by atoms with E-state index in [0.717, 1.165) is 12.8 Å². The normalized spacial score (nSPS) is 13.4. The van der Waals surface area contributed by atoms with Crippen LogP contribution in [0.5, 0.6) is 0 Å². The predicted molar refractivity (Wildman–Crippen MR) is 74.8 cm³/mol. The first-order valence-electron chi connectivity index (χ1n) is 6.58. The maximum Gasteiger partial charge on any atom is 0.0253 e. The molecule has 1 aromatic rings. The lowest BCUT2D eigenvalue weighted by atomic mass is 9.95. The molecule has 0 aromatic heterocycles. The second kappa shape index (κ2) is 6.77. The van der Waals surface area contributed by atoms with Crippen molar-refractivity contribution >= 4 is 0 Å². The number of nitrogens with one attached hydrogen (secondary N) is 1. The van der Waals surface area contributed by atoms with Crippen molar-refractivity contribution in [1.29, 1.82) is 0 Å². The van der Waals surface area contributed by atoms with Gasteiger partial charge in [0.2, 0.25) is 0 Å². The minimum Gasteiger partial charge on any atom is -0.271 e. The Morgan fingerprint density at radius 3 is 2.06 bits per heavy atom. The summed E-state index contributed by atoms with van der Waals surface area (Å²) in [5.41, 5.74) is 5.68. The van der Waals surface area contributed by atoms with Gasteiger partial charge in [-0.1, -0.05) is 52.0 Å². The zero-order valence-corrected chi connectivity index (χ0v) is 11.5. The van der Waals surface area contributed by atoms with Gasteiger partial charge in [0, 0.05) is 6.04 Å². The molecule has 3 N–H and O–H groups in total. The summed E-state index contributed by atoms with van der Waals surface area (Å²) in [6, 6.07) is 9.27. The Hall–Kier alpha value is -0.860. The minimum atomic E-state index is 0.375. The fourth-order valence-corrected chi connectivity index (χ4v) is 2.10. The third-order valence-electron chi connectivity index (χ3n) is 3.12. The molecule has 1 atom stereocenters. The second-order valence-corrected chi connectivity index (χ2v) is 5.59. The molecule has 0 fully saturated rings. The average Bonchev–Trinajstić information content (AvgIpc) is 2.28. The topological polar surface area (TPSA) is 38.0 Å². The summed E-state index contributed by atoms with van der Waals surface area (Å²) in [5.74, 6) is 6.87. The van der Waals surface area contributed by atoms with Gasteiger partial charge < -0.3 is 0 Å². The molecule has 0 radical (unpaired) electrons. The molecule has 2 nitrogen and oxygen atoms in total. The van der Waals surface area contributed by atoms with Gasteiger partial charge in [-0.05, 0) is 35.8 Å². The van der Waals surface area contributed by atoms with Crippen LogP contribution in [0.4, 0.5) is 0 Å². The number of rotatable bonds is 6. The Morgan fingerprint density at radius 1 is 1.06 bits per heavy atom. The summed E-state index contributed by atoms with van der Waals surface area (Å²) in [6.07, 6.45) is 2.12. The highest BCUT2D eigenvalue weighted by Crippen LogP contribution is 2.16. The Labute approximate surface area is 106 Å². The van der Waals surface area contributed by atoms with E-state index in [2.05, 4.69) is 57.4 Å². The molecule has 0 aliphatic heterocycles. The van der Waals surface area contributed by atoms with Crippen molar-refractivity contribution in [2.75, 3.05) is 0 Å². The minimum absolute atomic E-state index is 0.375. The van der Waals surface area contributed by atoms with E-state index in [1.54, 1.807) is 0 Å². The zero-order chi connectivity index (χ0) is 12.8. The number of hydrogen-bond donors (Lipinski definition) is 2. The van der Waals surface area contributed by atoms with Gasteiger partial charge in [0.1, 0.15) is 0 Å². The first-order chi connectivity index (χ1) is 8.02. The monoisotopic (exact) mass is 234 g/mol. The SMILES string of the molecule is CC(C)CC(Cc1ccc(C(C)C)cc1)NN. The fourth-order valence-electron chi connectivity index (χ4n) is 2.10. The molecule has 17 heavy (non-hydrogen) atoms. The molecule has 1 aromatic carbocycles. The van der Waals surface area contributed by atoms with Gasteiger partial charge in [0.05, 0.1) is 0 Å². The molecule has 1 rings (SSSR count). The number of hydrogen-bond acceptors (Lipinski definition) is 2. The van der Waals surface area contributed by atoms with Crippen LogP contribution in [-0.4, -0.2) is 6.04 Å². The molecule has 1 unspecified atom stereocenters. The summed E-state index contributed by atoms with van der Waals surface area (Å²) in [7, 11) is 0. The fraction of sp³-hybridized carbons (Fsp3) is 0.600. The van der Waals surface area contributed by atoms with Crippen molar-refractivity contribution < 1.29 is 0 Å². The lowest BCUT2D eigenvalue weighted by Gasteiger charge is -2.18. The van der Waals surface area contributed by atoms with E-state index < -0.39 is 0 Å². The van der Waals surface area contributed by atoms with Crippen molar-refractivity contribution in [3.8, 4) is 0 Å². The highest BCUT2D eigenvalue weighted by molar-refractivity contribution is 5.25. The highest BCUT2D eigenvalue weighted by atomic mass is 15.2. The van der Waals surface area contributed by atoms with Crippen molar-refractivity contribution in [2.24, 2.45) is 11.8 Å². The molecule has 96 valence electrons. The molecular formula is C15H26N2. The summed E-state index contributed by atoms with van der Waals surface area (Å²) < 4.78 is 0. The van der Waals surface area contributed by atoms with Crippen LogP contribution in [0, 0.1) is 5.92 Å². The van der Waals surface area contributed by atoms with Crippen molar-refractivity contribution in [1.82, 2.24) is 5.43 Å². The van der Waals surface area contributed by atoms with Crippen LogP contribution in [0.25, 0.3) is 0 Å². The summed E-state index contributed by atoms with van der Waals surface area (Å²) in [6.45, 7) is 8.90. The van der Waals surface area contributed by atoms with Crippen LogP contribution in [0.3, 0.4) is 0 Å². The molecule has 0 saturated carbocycles. The molecule has 0 amide bonds. The molecule has 0 heterocycles. The molecular weight excluding hydrogens is 208 g/mol. The van der Waals surface area contributed by atoms with Crippen LogP contribution < -0.4 is 11.3 Å². The summed E-state index contributed by atoms with van der Waals surface area (Å²) in [5, 5.41) is 0. The van der Waals surface area contributed by atoms with E-state index in [9.17, 15) is 0 Å². The van der Waals surface area contributed by atoms with Crippen molar-refractivity contribution in [2.45, 2.75) is 52.5 Å². The van der Waals surface area contributed by atoms with E-state index in [0.29, 0.717) is 17.9 Å². The second-order valence-electron chi connectivity index (χ2n) is 5.59. The Bertz CT molecular complexity index is 314. The third-order valence-corrected chi connectivity index (χ3v) is 3.12. The Morgan fingerprint density at radius 2 is 1.65 bits per heavy atom. The van der Waals surface area contributed by atoms with Crippen LogP contribution in [0.15, 0.2) is 24.3 Å². The lowest BCUT2D eigenvalue weighted by Crippen LogP contribution is -2.37. The Kier molecular flexibility index (Phi) is 5.66. The van der Waals surface area contributed by atoms with Gasteiger partial charge in [-0.2, -0.15) is 0 Å². The van der Waals surface area contributed by atoms with Gasteiger partial charge in [0.15, 0.2) is 0 Å². The van der Waals surface area contributed by atoms with E-state index in [4.69, 9.17) is 5.84 Å². The van der Waals surface area contributed by atoms with Crippen molar-refractivity contribution in [3.05, 3.63) is 35.4 Å². The van der Waals surface area contributed by atoms with Gasteiger partial charge in [-0.15, -0.1) is 0 Å². The van der Waals surface area contributed by atoms with Crippen LogP contribution in [0.1, 0.15) is 51.2 Å². The van der Waals surface area contributed by atoms with Crippen LogP contribution in [0.2, 0.25) is 0 Å². The quantitative estimate of drug-likeness (QED) is 0.586. The van der Waals surface area contributed by atoms with Gasteiger partial charge in [-0.25, -0.2) is 0 Å². The standard InChI is InChI=1S/C15H26N2/c1-11(2)9-15(17-16)10-13-5-7-14(8-6-13)12(3)4/h5-8,11-12,15,17H,9-10,16H2,1-4H3. The molecule has 0 aliphatic carbocycles. The number of nitrogens with two attached hydrogens (primary N) is 1. The summed E-state index contributed by atoms with van der Waals surface area (Å²) >= 11 is 0. The van der Waals surface area contributed by atoms with E-state index >= 15 is 0 Å². The van der Waals surface area contributed by atoms with E-state index in [1.807, 2.05) is 0 Å². The van der Waals surface area contributed by atoms with Gasteiger partial charge >= 0.3 is 0 Å². The van der Waals surface area contributed by atoms with E-state index in [-0.39, 0.29) is 0 Å². The number of benzene rings is 1. The predicted octanol–water partition coefficient (Wildman–Crippen LogP) is 3.23. The average molecular weight is 234 g/mol. The third kappa shape index (κ3) is 4.88. The van der Waals surface area contributed by atoms with Gasteiger partial charge in [0.25, 0.3) is 0 Å². The first-order valence-corrected chi connectivity index (χ1v) is 6.58. The molecule has 0 aliphatic rings. The highest BCUT2D eigenvalue weighted by Gasteiger charge is 2.10. The molecule has 0 bridgehead atoms. The smallest absolute Gasteiger partial charge is 0.0253 e. The van der Waals surface area contributed by atoms with E-state index in [1.165, 1.54) is 11.1 Å². The molecule has 0 spiro atoms. The maximum absolute atomic E-state index is 5.60. The Balaban J connectivity index is 2.61. The van der Waals surface area contributed by atoms with Crippen LogP contribution in [-0.2, 0) is 6.42 Å². The van der Waals surface area contributed by atoms with Gasteiger partial charge in [-0.3, -0.25) is 11.3 Å². The van der Waals surface area contributed by atoms with Crippen LogP contribution >= 0.6 is 0 Å². The maximum atomic E-state index is 5.60. The zero-order valence-electron chi connectivity index (χ0n) is 11.5. The molecule has 0 saturated heterocycles. The largest absolute Gasteiger partial charge is 0.271 e. The van der Waals surface area contributed by atoms with Crippen molar-refractivity contribution in [3.63, 3.8) is 0 Å². The lowest BCUT2D eigenvalue weighted by molar-refractivity contribution is 0.423. The number of hydrazine groups is 1.